The predicted molar refractivity (Wildman–Crippen MR) is 87.5 cm³/mol. The zero-order valence-electron chi connectivity index (χ0n) is 12.3. The van der Waals surface area contributed by atoms with Crippen molar-refractivity contribution >= 4 is 17.7 Å². The highest BCUT2D eigenvalue weighted by Gasteiger charge is 2.17. The first kappa shape index (κ1) is 15.9. The van der Waals surface area contributed by atoms with Gasteiger partial charge in [0.1, 0.15) is 0 Å². The molecule has 1 fully saturated rings. The summed E-state index contributed by atoms with van der Waals surface area (Å²) >= 11 is 1.96. The lowest BCUT2D eigenvalue weighted by Crippen LogP contribution is -2.29. The fourth-order valence-corrected chi connectivity index (χ4v) is 3.59. The molecular formula is C17H21NO2S. The molecule has 0 aromatic heterocycles. The summed E-state index contributed by atoms with van der Waals surface area (Å²) in [6.45, 7) is 2.74. The number of benzene rings is 1. The Morgan fingerprint density at radius 2 is 2.38 bits per heavy atom. The number of amides is 1. The van der Waals surface area contributed by atoms with E-state index in [4.69, 9.17) is 5.11 Å². The van der Waals surface area contributed by atoms with Crippen molar-refractivity contribution in [1.82, 2.24) is 5.32 Å². The number of aliphatic hydroxyl groups excluding tert-OH is 1. The minimum Gasteiger partial charge on any atom is -0.395 e. The normalized spacial score (nSPS) is 17.1. The molecule has 1 unspecified atom stereocenters. The Kier molecular flexibility index (Phi) is 6.16. The zero-order chi connectivity index (χ0) is 15.1. The van der Waals surface area contributed by atoms with Crippen molar-refractivity contribution in [2.75, 3.05) is 24.7 Å². The van der Waals surface area contributed by atoms with E-state index in [0.717, 1.165) is 23.4 Å². The average Bonchev–Trinajstić information content (AvgIpc) is 3.00. The quantitative estimate of drug-likeness (QED) is 0.839. The number of nitrogens with one attached hydrogen (secondary N) is 1. The van der Waals surface area contributed by atoms with E-state index in [-0.39, 0.29) is 12.5 Å². The molecule has 0 saturated carbocycles. The highest BCUT2D eigenvalue weighted by atomic mass is 32.2. The summed E-state index contributed by atoms with van der Waals surface area (Å²) < 4.78 is 0. The van der Waals surface area contributed by atoms with Crippen molar-refractivity contribution in [3.05, 3.63) is 34.9 Å². The van der Waals surface area contributed by atoms with E-state index in [0.29, 0.717) is 17.9 Å². The molecule has 2 N–H and O–H groups in total. The minimum absolute atomic E-state index is 0.0183. The highest BCUT2D eigenvalue weighted by molar-refractivity contribution is 7.99. The van der Waals surface area contributed by atoms with Crippen LogP contribution in [0.15, 0.2) is 18.2 Å². The van der Waals surface area contributed by atoms with Gasteiger partial charge < -0.3 is 10.4 Å². The molecule has 21 heavy (non-hydrogen) atoms. The molecule has 0 aliphatic carbocycles. The van der Waals surface area contributed by atoms with Gasteiger partial charge in [0.2, 0.25) is 0 Å². The minimum atomic E-state index is -0.0183. The number of carbonyl (C=O) groups excluding carboxylic acids is 1. The second kappa shape index (κ2) is 8.11. The van der Waals surface area contributed by atoms with Crippen molar-refractivity contribution in [2.45, 2.75) is 19.8 Å². The number of aliphatic hydroxyl groups is 1. The molecule has 4 heteroatoms. The average molecular weight is 303 g/mol. The lowest BCUT2D eigenvalue weighted by atomic mass is 10.0. The van der Waals surface area contributed by atoms with Gasteiger partial charge in [-0.2, -0.15) is 11.8 Å². The van der Waals surface area contributed by atoms with Gasteiger partial charge in [0, 0.05) is 24.1 Å². The third-order valence-electron chi connectivity index (χ3n) is 3.61. The highest BCUT2D eigenvalue weighted by Crippen LogP contribution is 2.22. The number of thioether (sulfide) groups is 1. The SMILES string of the molecule is Cc1c(C#CCCO)cccc1C(=O)NCC1CCSC1. The summed E-state index contributed by atoms with van der Waals surface area (Å²) in [4.78, 5) is 12.3. The van der Waals surface area contributed by atoms with Crippen molar-refractivity contribution in [3.8, 4) is 11.8 Å². The van der Waals surface area contributed by atoms with Gasteiger partial charge in [0.05, 0.1) is 6.61 Å². The van der Waals surface area contributed by atoms with Crippen LogP contribution in [0.5, 0.6) is 0 Å². The zero-order valence-corrected chi connectivity index (χ0v) is 13.1. The maximum absolute atomic E-state index is 12.3. The van der Waals surface area contributed by atoms with E-state index in [9.17, 15) is 4.79 Å². The van der Waals surface area contributed by atoms with Crippen LogP contribution in [-0.4, -0.2) is 35.7 Å². The van der Waals surface area contributed by atoms with E-state index >= 15 is 0 Å². The Morgan fingerprint density at radius 1 is 1.52 bits per heavy atom. The lowest BCUT2D eigenvalue weighted by Gasteiger charge is -2.12. The van der Waals surface area contributed by atoms with Gasteiger partial charge in [0.25, 0.3) is 5.91 Å². The van der Waals surface area contributed by atoms with Crippen LogP contribution < -0.4 is 5.32 Å². The van der Waals surface area contributed by atoms with Crippen molar-refractivity contribution in [2.24, 2.45) is 5.92 Å². The van der Waals surface area contributed by atoms with Gasteiger partial charge in [0.15, 0.2) is 0 Å². The second-order valence-electron chi connectivity index (χ2n) is 5.19. The molecule has 1 amide bonds. The van der Waals surface area contributed by atoms with Gasteiger partial charge >= 0.3 is 0 Å². The third kappa shape index (κ3) is 4.52. The molecule has 1 aromatic rings. The molecule has 1 aliphatic rings. The molecule has 1 aliphatic heterocycles. The maximum atomic E-state index is 12.3. The molecule has 1 heterocycles. The summed E-state index contributed by atoms with van der Waals surface area (Å²) in [5.74, 6) is 8.85. The number of hydrogen-bond donors (Lipinski definition) is 2. The molecule has 1 saturated heterocycles. The van der Waals surface area contributed by atoms with E-state index in [1.165, 1.54) is 12.2 Å². The number of carbonyl (C=O) groups is 1. The van der Waals surface area contributed by atoms with Gasteiger partial charge in [-0.15, -0.1) is 0 Å². The van der Waals surface area contributed by atoms with E-state index in [1.54, 1.807) is 0 Å². The first-order chi connectivity index (χ1) is 10.2. The predicted octanol–water partition coefficient (Wildman–Crippen LogP) is 2.21. The van der Waals surface area contributed by atoms with Crippen LogP contribution in [0.1, 0.15) is 34.3 Å². The van der Waals surface area contributed by atoms with Crippen LogP contribution in [0.3, 0.4) is 0 Å². The van der Waals surface area contributed by atoms with Crippen LogP contribution in [0.25, 0.3) is 0 Å². The second-order valence-corrected chi connectivity index (χ2v) is 6.34. The Bertz CT molecular complexity index is 554. The van der Waals surface area contributed by atoms with Crippen molar-refractivity contribution in [3.63, 3.8) is 0 Å². The Hall–Kier alpha value is -1.44. The van der Waals surface area contributed by atoms with E-state index < -0.39 is 0 Å². The lowest BCUT2D eigenvalue weighted by molar-refractivity contribution is 0.0948. The van der Waals surface area contributed by atoms with Crippen LogP contribution in [0, 0.1) is 24.7 Å². The largest absolute Gasteiger partial charge is 0.395 e. The molecule has 112 valence electrons. The van der Waals surface area contributed by atoms with Crippen LogP contribution in [0.4, 0.5) is 0 Å². The van der Waals surface area contributed by atoms with Crippen LogP contribution in [0.2, 0.25) is 0 Å². The summed E-state index contributed by atoms with van der Waals surface area (Å²) in [7, 11) is 0. The molecule has 1 aromatic carbocycles. The summed E-state index contributed by atoms with van der Waals surface area (Å²) in [5.41, 5.74) is 2.45. The smallest absolute Gasteiger partial charge is 0.251 e. The number of rotatable bonds is 4. The molecule has 2 rings (SSSR count). The monoisotopic (exact) mass is 303 g/mol. The molecule has 0 bridgehead atoms. The van der Waals surface area contributed by atoms with Gasteiger partial charge in [-0.1, -0.05) is 17.9 Å². The fourth-order valence-electron chi connectivity index (χ4n) is 2.31. The first-order valence-corrected chi connectivity index (χ1v) is 8.43. The summed E-state index contributed by atoms with van der Waals surface area (Å²) in [5, 5.41) is 11.8. The van der Waals surface area contributed by atoms with Gasteiger partial charge in [-0.3, -0.25) is 4.79 Å². The summed E-state index contributed by atoms with van der Waals surface area (Å²) in [6.07, 6.45) is 1.64. The van der Waals surface area contributed by atoms with E-state index in [2.05, 4.69) is 17.2 Å². The van der Waals surface area contributed by atoms with Crippen LogP contribution >= 0.6 is 11.8 Å². The Balaban J connectivity index is 2.03. The maximum Gasteiger partial charge on any atom is 0.251 e. The number of hydrogen-bond acceptors (Lipinski definition) is 3. The topological polar surface area (TPSA) is 49.3 Å². The molecular weight excluding hydrogens is 282 g/mol. The van der Waals surface area contributed by atoms with Gasteiger partial charge in [-0.25, -0.2) is 0 Å². The molecule has 0 radical (unpaired) electrons. The van der Waals surface area contributed by atoms with Crippen molar-refractivity contribution in [1.29, 1.82) is 0 Å². The molecule has 1 atom stereocenters. The third-order valence-corrected chi connectivity index (χ3v) is 4.85. The van der Waals surface area contributed by atoms with Crippen molar-refractivity contribution < 1.29 is 9.90 Å². The van der Waals surface area contributed by atoms with E-state index in [1.807, 2.05) is 36.9 Å². The molecule has 0 spiro atoms. The molecule has 3 nitrogen and oxygen atoms in total. The van der Waals surface area contributed by atoms with Gasteiger partial charge in [-0.05, 0) is 48.5 Å². The fraction of sp³-hybridized carbons (Fsp3) is 0.471. The Labute approximate surface area is 130 Å². The summed E-state index contributed by atoms with van der Waals surface area (Å²) in [6, 6.07) is 5.60. The Morgan fingerprint density at radius 3 is 3.10 bits per heavy atom. The first-order valence-electron chi connectivity index (χ1n) is 7.27. The standard InChI is InChI=1S/C17H21NO2S/c1-13-15(5-2-3-9-19)6-4-7-16(13)17(20)18-11-14-8-10-21-12-14/h4,6-7,14,19H,3,8-12H2,1H3,(H,18,20). The van der Waals surface area contributed by atoms with Crippen LogP contribution in [-0.2, 0) is 0 Å².